The Kier molecular flexibility index (Phi) is 6.02. The van der Waals surface area contributed by atoms with E-state index in [4.69, 9.17) is 10.6 Å². The summed E-state index contributed by atoms with van der Waals surface area (Å²) in [5, 5.41) is 12.7. The number of nitrogens with two attached hydrogens (primary N) is 1. The average molecular weight is 337 g/mol. The lowest BCUT2D eigenvalue weighted by Gasteiger charge is -2.47. The maximum atomic E-state index is 11.7. The summed E-state index contributed by atoms with van der Waals surface area (Å²) in [6, 6.07) is -0.627. The predicted molar refractivity (Wildman–Crippen MR) is 81.1 cm³/mol. The Morgan fingerprint density at radius 2 is 2.33 bits per heavy atom. The van der Waals surface area contributed by atoms with Gasteiger partial charge in [-0.3, -0.25) is 14.6 Å². The molecule has 1 saturated heterocycles. The molecule has 0 aliphatic carbocycles. The number of β-lactam (4-membered cyclic amide) rings is 1. The van der Waals surface area contributed by atoms with Gasteiger partial charge in [0.15, 0.2) is 6.73 Å². The highest BCUT2D eigenvalue weighted by molar-refractivity contribution is 8.00. The third-order valence-electron chi connectivity index (χ3n) is 2.84. The number of fused-ring (bicyclic) bond motifs is 1. The first kappa shape index (κ1) is 17.8. The Labute approximate surface area is 132 Å². The van der Waals surface area contributed by atoms with Gasteiger partial charge in [0.1, 0.15) is 17.1 Å². The minimum atomic E-state index is -1.16. The second kappa shape index (κ2) is 7.12. The average Bonchev–Trinajstić information content (AvgIpc) is 2.41. The standard InChI is InChI=1S/C11H16N4O4S.ClH/c1-14(2)5-19-13-3-6-4-20-10-7(12)9(16)15(10)8(6)11(17)18;/h3,7,10H,4-5,12H2,1-2H3,(H,17,18);1H/b13-3+;/t7-,10-;/m1./s1. The lowest BCUT2D eigenvalue weighted by Crippen LogP contribution is -2.68. The minimum absolute atomic E-state index is 0. The van der Waals surface area contributed by atoms with E-state index < -0.39 is 12.0 Å². The summed E-state index contributed by atoms with van der Waals surface area (Å²) >= 11 is 1.42. The number of carbonyl (C=O) groups is 2. The van der Waals surface area contributed by atoms with Gasteiger partial charge in [0.2, 0.25) is 5.91 Å². The number of halogens is 1. The number of oxime groups is 1. The normalized spacial score (nSPS) is 24.8. The van der Waals surface area contributed by atoms with Crippen molar-refractivity contribution in [1.82, 2.24) is 9.80 Å². The molecule has 0 aromatic rings. The maximum absolute atomic E-state index is 11.7. The molecule has 2 aliphatic rings. The van der Waals surface area contributed by atoms with Crippen LogP contribution in [0.25, 0.3) is 0 Å². The van der Waals surface area contributed by atoms with E-state index in [1.165, 1.54) is 22.9 Å². The highest BCUT2D eigenvalue weighted by Gasteiger charge is 2.51. The number of rotatable bonds is 5. The van der Waals surface area contributed by atoms with Crippen LogP contribution in [0.5, 0.6) is 0 Å². The van der Waals surface area contributed by atoms with Gasteiger partial charge in [0.05, 0.1) is 6.21 Å². The fraction of sp³-hybridized carbons (Fsp3) is 0.545. The molecule has 1 fully saturated rings. The molecule has 0 bridgehead atoms. The molecule has 0 aromatic carbocycles. The van der Waals surface area contributed by atoms with Crippen molar-refractivity contribution >= 4 is 42.3 Å². The zero-order valence-electron chi connectivity index (χ0n) is 11.6. The van der Waals surface area contributed by atoms with Gasteiger partial charge in [-0.15, -0.1) is 24.2 Å². The highest BCUT2D eigenvalue weighted by atomic mass is 35.5. The van der Waals surface area contributed by atoms with Crippen LogP contribution in [0.4, 0.5) is 0 Å². The minimum Gasteiger partial charge on any atom is -0.477 e. The van der Waals surface area contributed by atoms with E-state index in [-0.39, 0.29) is 36.1 Å². The van der Waals surface area contributed by atoms with E-state index in [9.17, 15) is 14.7 Å². The maximum Gasteiger partial charge on any atom is 0.353 e. The smallest absolute Gasteiger partial charge is 0.353 e. The van der Waals surface area contributed by atoms with Gasteiger partial charge in [-0.25, -0.2) is 4.79 Å². The van der Waals surface area contributed by atoms with Crippen molar-refractivity contribution in [3.05, 3.63) is 11.3 Å². The van der Waals surface area contributed by atoms with E-state index in [0.717, 1.165) is 0 Å². The van der Waals surface area contributed by atoms with Crippen LogP contribution >= 0.6 is 24.2 Å². The molecule has 1 amide bonds. The van der Waals surface area contributed by atoms with Gasteiger partial charge >= 0.3 is 5.97 Å². The second-order valence-electron chi connectivity index (χ2n) is 4.69. The number of hydrogen-bond acceptors (Lipinski definition) is 7. The Morgan fingerprint density at radius 1 is 1.67 bits per heavy atom. The quantitative estimate of drug-likeness (QED) is 0.302. The molecule has 0 aromatic heterocycles. The third kappa shape index (κ3) is 3.49. The van der Waals surface area contributed by atoms with Gasteiger partial charge < -0.3 is 15.7 Å². The molecule has 0 spiro atoms. The zero-order valence-corrected chi connectivity index (χ0v) is 13.2. The number of amides is 1. The fourth-order valence-electron chi connectivity index (χ4n) is 1.89. The Bertz CT molecular complexity index is 497. The molecule has 2 rings (SSSR count). The molecule has 10 heteroatoms. The lowest BCUT2D eigenvalue weighted by atomic mass is 10.0. The van der Waals surface area contributed by atoms with Gasteiger partial charge in [-0.05, 0) is 14.1 Å². The number of carbonyl (C=O) groups excluding carboxylic acids is 1. The van der Waals surface area contributed by atoms with Crippen molar-refractivity contribution in [2.75, 3.05) is 26.6 Å². The molecule has 118 valence electrons. The van der Waals surface area contributed by atoms with Crippen molar-refractivity contribution in [1.29, 1.82) is 0 Å². The number of nitrogens with zero attached hydrogens (tertiary/aromatic N) is 3. The number of carboxylic acids is 1. The first-order valence-corrected chi connectivity index (χ1v) is 6.95. The molecule has 0 saturated carbocycles. The highest BCUT2D eigenvalue weighted by Crippen LogP contribution is 2.38. The van der Waals surface area contributed by atoms with E-state index in [0.29, 0.717) is 11.3 Å². The van der Waals surface area contributed by atoms with Gasteiger partial charge in [-0.2, -0.15) is 0 Å². The molecule has 2 atom stereocenters. The van der Waals surface area contributed by atoms with Crippen LogP contribution in [-0.4, -0.2) is 71.0 Å². The van der Waals surface area contributed by atoms with Crippen LogP contribution in [-0.2, 0) is 14.4 Å². The van der Waals surface area contributed by atoms with Gasteiger partial charge in [0.25, 0.3) is 0 Å². The number of thioether (sulfide) groups is 1. The van der Waals surface area contributed by atoms with Crippen LogP contribution in [0.1, 0.15) is 0 Å². The molecular weight excluding hydrogens is 320 g/mol. The molecule has 3 N–H and O–H groups in total. The number of aliphatic carboxylic acids is 1. The number of carboxylic acid groups (broad SMARTS) is 1. The Balaban J connectivity index is 0.00000220. The third-order valence-corrected chi connectivity index (χ3v) is 4.16. The van der Waals surface area contributed by atoms with E-state index in [1.54, 1.807) is 4.90 Å². The van der Waals surface area contributed by atoms with Crippen LogP contribution < -0.4 is 5.73 Å². The topological polar surface area (TPSA) is 108 Å². The van der Waals surface area contributed by atoms with Crippen LogP contribution in [0.15, 0.2) is 16.4 Å². The van der Waals surface area contributed by atoms with Crippen LogP contribution in [0.3, 0.4) is 0 Å². The van der Waals surface area contributed by atoms with Crippen molar-refractivity contribution in [2.24, 2.45) is 10.9 Å². The van der Waals surface area contributed by atoms with Crippen molar-refractivity contribution < 1.29 is 19.5 Å². The van der Waals surface area contributed by atoms with Gasteiger partial charge in [-0.1, -0.05) is 5.16 Å². The summed E-state index contributed by atoms with van der Waals surface area (Å²) in [7, 11) is 3.64. The summed E-state index contributed by atoms with van der Waals surface area (Å²) in [5.74, 6) is -1.11. The zero-order chi connectivity index (χ0) is 14.9. The monoisotopic (exact) mass is 336 g/mol. The van der Waals surface area contributed by atoms with Gasteiger partial charge in [0, 0.05) is 11.3 Å². The summed E-state index contributed by atoms with van der Waals surface area (Å²) < 4.78 is 0. The SMILES string of the molecule is CN(C)CO/N=C/C1=C(C(=O)O)N2C(=O)[C@@H](N)[C@H]2SC1.Cl. The predicted octanol–water partition coefficient (Wildman–Crippen LogP) is -0.489. The van der Waals surface area contributed by atoms with Crippen molar-refractivity contribution in [3.8, 4) is 0 Å². The van der Waals surface area contributed by atoms with E-state index >= 15 is 0 Å². The fourth-order valence-corrected chi connectivity index (χ4v) is 3.13. The summed E-state index contributed by atoms with van der Waals surface area (Å²) in [6.07, 6.45) is 1.34. The Hall–Kier alpha value is -1.29. The lowest BCUT2D eigenvalue weighted by molar-refractivity contribution is -0.147. The number of hydrogen-bond donors (Lipinski definition) is 2. The van der Waals surface area contributed by atoms with Crippen molar-refractivity contribution in [3.63, 3.8) is 0 Å². The molecule has 2 aliphatic heterocycles. The molecule has 21 heavy (non-hydrogen) atoms. The van der Waals surface area contributed by atoms with E-state index in [1.807, 2.05) is 14.1 Å². The summed E-state index contributed by atoms with van der Waals surface area (Å²) in [4.78, 5) is 31.0. The molecule has 0 unspecified atom stereocenters. The Morgan fingerprint density at radius 3 is 2.90 bits per heavy atom. The second-order valence-corrected chi connectivity index (χ2v) is 5.79. The summed E-state index contributed by atoms with van der Waals surface area (Å²) in [5.41, 5.74) is 6.03. The summed E-state index contributed by atoms with van der Waals surface area (Å²) in [6.45, 7) is 0.287. The van der Waals surface area contributed by atoms with Crippen molar-refractivity contribution in [2.45, 2.75) is 11.4 Å². The molecule has 0 radical (unpaired) electrons. The van der Waals surface area contributed by atoms with Crippen LogP contribution in [0.2, 0.25) is 0 Å². The van der Waals surface area contributed by atoms with Crippen LogP contribution in [0, 0.1) is 0 Å². The largest absolute Gasteiger partial charge is 0.477 e. The first-order chi connectivity index (χ1) is 9.43. The first-order valence-electron chi connectivity index (χ1n) is 5.90. The molecule has 2 heterocycles. The van der Waals surface area contributed by atoms with E-state index in [2.05, 4.69) is 5.16 Å². The molecular formula is C11H17ClN4O4S. The molecule has 8 nitrogen and oxygen atoms in total.